The summed E-state index contributed by atoms with van der Waals surface area (Å²) in [5, 5.41) is 9.88. The first-order valence-corrected chi connectivity index (χ1v) is 5.45. The maximum absolute atomic E-state index is 11.9. The van der Waals surface area contributed by atoms with Gasteiger partial charge in [-0.05, 0) is 18.8 Å². The Bertz CT molecular complexity index is 331. The molecule has 0 spiro atoms. The van der Waals surface area contributed by atoms with Crippen molar-refractivity contribution >= 4 is 5.91 Å². The highest BCUT2D eigenvalue weighted by atomic mass is 16.5. The summed E-state index contributed by atoms with van der Waals surface area (Å²) in [6.07, 6.45) is 3.46. The van der Waals surface area contributed by atoms with E-state index < -0.39 is 0 Å². The molecule has 1 amide bonds. The number of H-pyrrole nitrogens is 1. The van der Waals surface area contributed by atoms with E-state index in [2.05, 4.69) is 15.4 Å². The summed E-state index contributed by atoms with van der Waals surface area (Å²) in [4.78, 5) is 13.7. The third kappa shape index (κ3) is 2.38. The molecular formula is C10H16N4O2. The fourth-order valence-corrected chi connectivity index (χ4v) is 2.01. The fourth-order valence-electron chi connectivity index (χ4n) is 2.01. The van der Waals surface area contributed by atoms with Gasteiger partial charge in [-0.3, -0.25) is 4.79 Å². The Morgan fingerprint density at radius 2 is 2.38 bits per heavy atom. The van der Waals surface area contributed by atoms with Crippen molar-refractivity contribution in [3.63, 3.8) is 0 Å². The van der Waals surface area contributed by atoms with Crippen LogP contribution in [0.25, 0.3) is 0 Å². The highest BCUT2D eigenvalue weighted by Gasteiger charge is 2.24. The van der Waals surface area contributed by atoms with Gasteiger partial charge < -0.3 is 9.64 Å². The Morgan fingerprint density at radius 3 is 2.94 bits per heavy atom. The maximum Gasteiger partial charge on any atom is 0.276 e. The molecule has 1 aromatic heterocycles. The van der Waals surface area contributed by atoms with E-state index in [9.17, 15) is 4.79 Å². The van der Waals surface area contributed by atoms with Crippen LogP contribution < -0.4 is 0 Å². The van der Waals surface area contributed by atoms with Crippen LogP contribution in [0.2, 0.25) is 0 Å². The van der Waals surface area contributed by atoms with Crippen molar-refractivity contribution in [3.05, 3.63) is 11.9 Å². The minimum absolute atomic E-state index is 0.0374. The maximum atomic E-state index is 11.9. The lowest BCUT2D eigenvalue weighted by molar-refractivity contribution is 0.0608. The van der Waals surface area contributed by atoms with Crippen LogP contribution in [0.1, 0.15) is 23.3 Å². The fraction of sp³-hybridized carbons (Fsp3) is 0.700. The van der Waals surface area contributed by atoms with Gasteiger partial charge in [-0.25, -0.2) is 0 Å². The molecule has 0 unspecified atom stereocenters. The van der Waals surface area contributed by atoms with Crippen molar-refractivity contribution in [3.8, 4) is 0 Å². The molecule has 88 valence electrons. The van der Waals surface area contributed by atoms with E-state index in [0.29, 0.717) is 11.6 Å². The van der Waals surface area contributed by atoms with Crippen molar-refractivity contribution in [1.29, 1.82) is 0 Å². The zero-order valence-corrected chi connectivity index (χ0v) is 9.35. The molecule has 1 aliphatic rings. The highest BCUT2D eigenvalue weighted by molar-refractivity contribution is 5.91. The number of nitrogens with one attached hydrogen (secondary N) is 1. The van der Waals surface area contributed by atoms with Gasteiger partial charge in [0.15, 0.2) is 5.69 Å². The standard InChI is InChI=1S/C10H16N4O2/c1-16-7-8-2-4-14(5-3-8)10(15)9-6-11-13-12-9/h6,8H,2-5,7H2,1H3,(H,11,12,13). The summed E-state index contributed by atoms with van der Waals surface area (Å²) in [5.41, 5.74) is 0.394. The molecule has 1 aliphatic heterocycles. The van der Waals surface area contributed by atoms with Crippen molar-refractivity contribution in [2.45, 2.75) is 12.8 Å². The molecule has 1 saturated heterocycles. The zero-order chi connectivity index (χ0) is 11.4. The Hall–Kier alpha value is -1.43. The van der Waals surface area contributed by atoms with Gasteiger partial charge in [0.05, 0.1) is 6.20 Å². The van der Waals surface area contributed by atoms with Crippen LogP contribution in [-0.4, -0.2) is 53.0 Å². The van der Waals surface area contributed by atoms with E-state index in [1.54, 1.807) is 7.11 Å². The molecule has 0 bridgehead atoms. The molecule has 6 heteroatoms. The molecule has 1 fully saturated rings. The number of amides is 1. The van der Waals surface area contributed by atoms with Crippen LogP contribution in [0.5, 0.6) is 0 Å². The van der Waals surface area contributed by atoms with Gasteiger partial charge >= 0.3 is 0 Å². The average Bonchev–Trinajstić information content (AvgIpc) is 2.83. The van der Waals surface area contributed by atoms with E-state index in [4.69, 9.17) is 4.74 Å². The van der Waals surface area contributed by atoms with E-state index in [0.717, 1.165) is 32.5 Å². The van der Waals surface area contributed by atoms with E-state index in [-0.39, 0.29) is 5.91 Å². The second-order valence-corrected chi connectivity index (χ2v) is 4.05. The molecule has 0 saturated carbocycles. The molecule has 0 aliphatic carbocycles. The first kappa shape index (κ1) is 11.1. The summed E-state index contributed by atoms with van der Waals surface area (Å²) >= 11 is 0. The summed E-state index contributed by atoms with van der Waals surface area (Å²) in [7, 11) is 1.72. The number of carbonyl (C=O) groups is 1. The summed E-state index contributed by atoms with van der Waals surface area (Å²) in [5.74, 6) is 0.538. The van der Waals surface area contributed by atoms with E-state index in [1.165, 1.54) is 6.20 Å². The summed E-state index contributed by atoms with van der Waals surface area (Å²) in [6, 6.07) is 0. The minimum Gasteiger partial charge on any atom is -0.384 e. The van der Waals surface area contributed by atoms with Gasteiger partial charge in [-0.15, -0.1) is 0 Å². The number of aromatic nitrogens is 3. The molecule has 1 aromatic rings. The monoisotopic (exact) mass is 224 g/mol. The molecule has 2 rings (SSSR count). The smallest absolute Gasteiger partial charge is 0.276 e. The molecule has 6 nitrogen and oxygen atoms in total. The lowest BCUT2D eigenvalue weighted by atomic mass is 9.97. The third-order valence-electron chi connectivity index (χ3n) is 2.94. The van der Waals surface area contributed by atoms with Crippen LogP contribution in [0.15, 0.2) is 6.20 Å². The normalized spacial score (nSPS) is 17.7. The van der Waals surface area contributed by atoms with Gasteiger partial charge in [0.25, 0.3) is 5.91 Å². The lowest BCUT2D eigenvalue weighted by Gasteiger charge is -2.31. The van der Waals surface area contributed by atoms with Crippen molar-refractivity contribution < 1.29 is 9.53 Å². The molecule has 1 N–H and O–H groups in total. The second-order valence-electron chi connectivity index (χ2n) is 4.05. The van der Waals surface area contributed by atoms with E-state index in [1.807, 2.05) is 4.90 Å². The number of aromatic amines is 1. The minimum atomic E-state index is -0.0374. The van der Waals surface area contributed by atoms with Crippen LogP contribution in [0, 0.1) is 5.92 Å². The Morgan fingerprint density at radius 1 is 1.62 bits per heavy atom. The molecule has 0 radical (unpaired) electrons. The summed E-state index contributed by atoms with van der Waals surface area (Å²) < 4.78 is 5.12. The van der Waals surface area contributed by atoms with Gasteiger partial charge in [0, 0.05) is 26.8 Å². The van der Waals surface area contributed by atoms with Crippen LogP contribution >= 0.6 is 0 Å². The van der Waals surface area contributed by atoms with E-state index >= 15 is 0 Å². The first-order valence-electron chi connectivity index (χ1n) is 5.45. The number of rotatable bonds is 3. The second kappa shape index (κ2) is 5.07. The first-order chi connectivity index (χ1) is 7.81. The predicted octanol–water partition coefficient (Wildman–Crippen LogP) is 0.303. The molecule has 16 heavy (non-hydrogen) atoms. The Kier molecular flexibility index (Phi) is 3.51. The number of hydrogen-bond donors (Lipinski definition) is 1. The quantitative estimate of drug-likeness (QED) is 0.801. The molecule has 0 aromatic carbocycles. The van der Waals surface area contributed by atoms with Crippen molar-refractivity contribution in [2.75, 3.05) is 26.8 Å². The number of ether oxygens (including phenoxy) is 1. The molecular weight excluding hydrogens is 208 g/mol. The zero-order valence-electron chi connectivity index (χ0n) is 9.35. The predicted molar refractivity (Wildman–Crippen MR) is 56.9 cm³/mol. The Balaban J connectivity index is 1.87. The van der Waals surface area contributed by atoms with Crippen LogP contribution in [0.4, 0.5) is 0 Å². The SMILES string of the molecule is COCC1CCN(C(=O)c2cn[nH]n2)CC1. The molecule has 0 atom stereocenters. The summed E-state index contributed by atoms with van der Waals surface area (Å²) in [6.45, 7) is 2.34. The van der Waals surface area contributed by atoms with Crippen LogP contribution in [-0.2, 0) is 4.74 Å². The number of nitrogens with zero attached hydrogens (tertiary/aromatic N) is 3. The number of piperidine rings is 1. The van der Waals surface area contributed by atoms with Crippen molar-refractivity contribution in [2.24, 2.45) is 5.92 Å². The van der Waals surface area contributed by atoms with Gasteiger partial charge in [0.2, 0.25) is 0 Å². The number of methoxy groups -OCH3 is 1. The number of likely N-dealkylation sites (tertiary alicyclic amines) is 1. The number of carbonyl (C=O) groups excluding carboxylic acids is 1. The molecule has 2 heterocycles. The topological polar surface area (TPSA) is 71.1 Å². The van der Waals surface area contributed by atoms with Gasteiger partial charge in [0.1, 0.15) is 0 Å². The largest absolute Gasteiger partial charge is 0.384 e. The number of hydrogen-bond acceptors (Lipinski definition) is 4. The van der Waals surface area contributed by atoms with Crippen molar-refractivity contribution in [1.82, 2.24) is 20.3 Å². The third-order valence-corrected chi connectivity index (χ3v) is 2.94. The van der Waals surface area contributed by atoms with Crippen LogP contribution in [0.3, 0.4) is 0 Å². The van der Waals surface area contributed by atoms with Gasteiger partial charge in [-0.2, -0.15) is 15.4 Å². The lowest BCUT2D eigenvalue weighted by Crippen LogP contribution is -2.39. The Labute approximate surface area is 94.0 Å². The highest BCUT2D eigenvalue weighted by Crippen LogP contribution is 2.18. The average molecular weight is 224 g/mol. The van der Waals surface area contributed by atoms with Gasteiger partial charge in [-0.1, -0.05) is 0 Å².